The molecule has 48 heavy (non-hydrogen) atoms. The molecular weight excluding hydrogens is 677 g/mol. The van der Waals surface area contributed by atoms with E-state index >= 15 is 0 Å². The first-order chi connectivity index (χ1) is 22.2. The molecule has 0 bridgehead atoms. The normalized spacial score (nSPS) is 12.0. The molecule has 0 saturated carbocycles. The van der Waals surface area contributed by atoms with Crippen LogP contribution in [-0.4, -0.2) is 77.1 Å². The van der Waals surface area contributed by atoms with Crippen molar-refractivity contribution < 1.29 is 22.1 Å². The van der Waals surface area contributed by atoms with Gasteiger partial charge in [0.15, 0.2) is 41.6 Å². The molecule has 0 radical (unpaired) electrons. The fraction of sp³-hybridized carbons (Fsp3) is 1.00. The second-order valence-electron chi connectivity index (χ2n) is 16.0. The Morgan fingerprint density at radius 2 is 0.646 bits per heavy atom. The Bertz CT molecular complexity index is 607. The van der Waals surface area contributed by atoms with E-state index in [-0.39, 0.29) is 0 Å². The molecule has 0 heterocycles. The van der Waals surface area contributed by atoms with Gasteiger partial charge in [-0.3, -0.25) is 0 Å². The molecule has 10 heteroatoms. The minimum absolute atomic E-state index is 1.13. The van der Waals surface area contributed by atoms with E-state index in [4.69, 9.17) is 22.1 Å². The summed E-state index contributed by atoms with van der Waals surface area (Å²) >= 11 is 0. The summed E-state index contributed by atoms with van der Waals surface area (Å²) in [5, 5.41) is 0. The molecule has 5 nitrogen and oxygen atoms in total. The summed E-state index contributed by atoms with van der Waals surface area (Å²) in [5.74, 6) is 0. The van der Waals surface area contributed by atoms with Crippen LogP contribution in [0, 0.1) is 0 Å². The van der Waals surface area contributed by atoms with Crippen molar-refractivity contribution in [3.8, 4) is 0 Å². The largest absolute Gasteiger partial charge is 0.421 e. The summed E-state index contributed by atoms with van der Waals surface area (Å²) in [4.78, 5) is 0. The highest BCUT2D eigenvalue weighted by Crippen LogP contribution is 2.20. The van der Waals surface area contributed by atoms with E-state index in [0.717, 1.165) is 0 Å². The topological polar surface area (TPSA) is 46.2 Å². The van der Waals surface area contributed by atoms with E-state index < -0.39 is 41.6 Å². The average molecular weight is 774 g/mol. The molecule has 0 atom stereocenters. The zero-order valence-corrected chi connectivity index (χ0v) is 42.3. The van der Waals surface area contributed by atoms with Crippen LogP contribution >= 0.6 is 0 Å². The predicted octanol–water partition coefficient (Wildman–Crippen LogP) is 14.4. The molecule has 0 amide bonds. The van der Waals surface area contributed by atoms with Crippen molar-refractivity contribution in [3.63, 3.8) is 0 Å². The van der Waals surface area contributed by atoms with Gasteiger partial charge in [0.25, 0.3) is 0 Å². The smallest absolute Gasteiger partial charge is 0.189 e. The van der Waals surface area contributed by atoms with E-state index in [1.165, 1.54) is 113 Å². The van der Waals surface area contributed by atoms with Crippen LogP contribution in [0.2, 0.25) is 95.2 Å². The number of hydrogen-bond acceptors (Lipinski definition) is 5. The van der Waals surface area contributed by atoms with Crippen LogP contribution in [0.25, 0.3) is 0 Å². The Morgan fingerprint density at radius 3 is 0.833 bits per heavy atom. The molecule has 0 rings (SSSR count). The highest BCUT2D eigenvalue weighted by atomic mass is 28.4. The third-order valence-corrected chi connectivity index (χ3v) is 24.5. The number of unbranched alkanes of at least 4 members (excludes halogenated alkanes) is 9. The van der Waals surface area contributed by atoms with Crippen molar-refractivity contribution in [1.82, 2.24) is 0 Å². The molecule has 0 aromatic carbocycles. The molecule has 0 aliphatic heterocycles. The van der Waals surface area contributed by atoms with Crippen molar-refractivity contribution >= 4 is 41.6 Å². The van der Waals surface area contributed by atoms with Gasteiger partial charge in [0.05, 0.1) is 0 Å². The zero-order chi connectivity index (χ0) is 38.8. The lowest BCUT2D eigenvalue weighted by Crippen LogP contribution is -2.32. The highest BCUT2D eigenvalue weighted by molar-refractivity contribution is 6.73. The van der Waals surface area contributed by atoms with Crippen molar-refractivity contribution in [2.75, 3.05) is 35.5 Å². The van der Waals surface area contributed by atoms with E-state index in [1.807, 2.05) is 21.3 Å². The highest BCUT2D eigenvalue weighted by Gasteiger charge is 2.24. The Balaban J connectivity index is -0.000000171. The van der Waals surface area contributed by atoms with Crippen molar-refractivity contribution in [3.05, 3.63) is 0 Å². The summed E-state index contributed by atoms with van der Waals surface area (Å²) in [6.45, 7) is 33.5. The molecule has 0 aromatic rings. The van der Waals surface area contributed by atoms with Crippen LogP contribution in [-0.2, 0) is 22.1 Å². The van der Waals surface area contributed by atoms with Crippen LogP contribution in [0.15, 0.2) is 0 Å². The minimum atomic E-state index is -1.27. The second kappa shape index (κ2) is 36.3. The summed E-state index contributed by atoms with van der Waals surface area (Å²) in [6, 6.07) is 7.65. The van der Waals surface area contributed by atoms with Gasteiger partial charge in [-0.05, 0) is 95.2 Å². The van der Waals surface area contributed by atoms with Gasteiger partial charge in [0.1, 0.15) is 0 Å². The second-order valence-corrected chi connectivity index (χ2v) is 38.8. The molecule has 0 saturated heterocycles. The van der Waals surface area contributed by atoms with Gasteiger partial charge in [0, 0.05) is 35.5 Å². The Morgan fingerprint density at radius 1 is 0.312 bits per heavy atom. The Kier molecular flexibility index (Phi) is 44.0. The zero-order valence-electron chi connectivity index (χ0n) is 37.3. The molecule has 298 valence electrons. The minimum Gasteiger partial charge on any atom is -0.421 e. The summed E-state index contributed by atoms with van der Waals surface area (Å²) in [5.41, 5.74) is 0. The van der Waals surface area contributed by atoms with Gasteiger partial charge in [-0.1, -0.05) is 119 Å². The molecule has 0 aliphatic carbocycles. The van der Waals surface area contributed by atoms with Crippen LogP contribution in [0.1, 0.15) is 119 Å². The Hall–Kier alpha value is 0.884. The molecule has 0 N–H and O–H groups in total. The van der Waals surface area contributed by atoms with Crippen LogP contribution in [0.5, 0.6) is 0 Å². The SMILES string of the molecule is CCCCCCCCCCCC[Si](C)(C)OC.CCC[Si](C)(CCC)OC.CC[Si](C)(C)OC.CC[Si](C)(CC)OC.CO[Si](C)(C)C. The van der Waals surface area contributed by atoms with Gasteiger partial charge in [0.2, 0.25) is 0 Å². The summed E-state index contributed by atoms with van der Waals surface area (Å²) < 4.78 is 26.8. The lowest BCUT2D eigenvalue weighted by molar-refractivity contribution is 0.394. The maximum atomic E-state index is 5.56. The first kappa shape index (κ1) is 58.2. The van der Waals surface area contributed by atoms with Crippen molar-refractivity contribution in [2.45, 2.75) is 214 Å². The van der Waals surface area contributed by atoms with E-state index in [2.05, 4.69) is 100 Å². The molecule has 0 aromatic heterocycles. The maximum absolute atomic E-state index is 5.56. The van der Waals surface area contributed by atoms with Gasteiger partial charge in [-0.25, -0.2) is 0 Å². The monoisotopic (exact) mass is 773 g/mol. The van der Waals surface area contributed by atoms with Gasteiger partial charge in [-0.15, -0.1) is 0 Å². The Labute approximate surface area is 311 Å². The van der Waals surface area contributed by atoms with Crippen LogP contribution in [0.3, 0.4) is 0 Å². The predicted molar refractivity (Wildman–Crippen MR) is 235 cm³/mol. The average Bonchev–Trinajstić information content (AvgIpc) is 3.06. The quantitative estimate of drug-likeness (QED) is 0.0764. The number of hydrogen-bond donors (Lipinski definition) is 0. The molecule has 0 aliphatic rings. The maximum Gasteiger partial charge on any atom is 0.189 e. The first-order valence-electron chi connectivity index (χ1n) is 19.9. The molecule has 0 fully saturated rings. The van der Waals surface area contributed by atoms with Crippen molar-refractivity contribution in [1.29, 1.82) is 0 Å². The molecule has 0 unspecified atom stereocenters. The standard InChI is InChI=1S/C15H34OSi.C8H20OSi.C6H16OSi.C5H14OSi.C4H12OSi/c1-5-6-7-8-9-10-11-12-13-14-15-17(3,4)16-2;1-5-7-10(4,9-3)8-6-2;1-5-8(4,6-2)7-3;1-5-7(3,4)6-2;1-5-6(2,3)4/h5-15H2,1-4H3;5-8H2,1-4H3;5-6H2,1-4H3;5H2,1-4H3;1-4H3. The molecule has 0 spiro atoms. The van der Waals surface area contributed by atoms with E-state index in [9.17, 15) is 0 Å². The van der Waals surface area contributed by atoms with E-state index in [0.29, 0.717) is 0 Å². The first-order valence-corrected chi connectivity index (χ1v) is 35.2. The molecular formula is C38H96O5Si5. The van der Waals surface area contributed by atoms with Crippen LogP contribution in [0.4, 0.5) is 0 Å². The lowest BCUT2D eigenvalue weighted by atomic mass is 10.1. The van der Waals surface area contributed by atoms with Gasteiger partial charge in [-0.2, -0.15) is 0 Å². The number of rotatable bonds is 23. The third-order valence-electron chi connectivity index (χ3n) is 9.74. The fourth-order valence-corrected chi connectivity index (χ4v) is 9.66. The van der Waals surface area contributed by atoms with E-state index in [1.54, 1.807) is 14.2 Å². The van der Waals surface area contributed by atoms with Gasteiger partial charge < -0.3 is 22.1 Å². The summed E-state index contributed by atoms with van der Waals surface area (Å²) in [7, 11) is 3.21. The van der Waals surface area contributed by atoms with Crippen molar-refractivity contribution in [2.24, 2.45) is 0 Å². The lowest BCUT2D eigenvalue weighted by Gasteiger charge is -2.23. The third kappa shape index (κ3) is 46.9. The summed E-state index contributed by atoms with van der Waals surface area (Å²) in [6.07, 6.45) is 16.8. The van der Waals surface area contributed by atoms with Crippen LogP contribution < -0.4 is 0 Å². The fourth-order valence-electron chi connectivity index (χ4n) is 4.21. The van der Waals surface area contributed by atoms with Gasteiger partial charge >= 0.3 is 0 Å².